The van der Waals surface area contributed by atoms with E-state index >= 15 is 0 Å². The van der Waals surface area contributed by atoms with E-state index in [0.29, 0.717) is 27.6 Å². The third kappa shape index (κ3) is 35.5. The van der Waals surface area contributed by atoms with Crippen molar-refractivity contribution in [1.29, 1.82) is 0 Å². The van der Waals surface area contributed by atoms with Gasteiger partial charge in [-0.25, -0.2) is 4.79 Å². The fourth-order valence-corrected chi connectivity index (χ4v) is 11.1. The molecule has 0 amide bonds. The summed E-state index contributed by atoms with van der Waals surface area (Å²) in [6, 6.07) is 41.8. The number of aromatic nitrogens is 3. The number of nitrogen functional groups attached to an aromatic ring is 1. The average Bonchev–Trinajstić information content (AvgIpc) is 1.77. The molecule has 7 nitrogen and oxygen atoms in total. The number of aromatic hydroxyl groups is 1. The molecule has 526 valence electrons. The molecule has 0 atom stereocenters. The molecule has 0 unspecified atom stereocenters. The Hall–Kier alpha value is -6.72. The SMILES string of the molecule is CC(C)(C)c1cccc(C(=O)O)c1.CC(C)(C)c1cccc(N)c1.CC(C)(C)c1cccc(O)c1.CC(C)(C)c1cccs1.CC(C)(C)c1ccsc1.Cc1ccc(C(C)(C)C)cn1.Cc1ccc(C(C)(C)C)s1.Cc1ccncc1C(C)(C)C.Cc1cncc(C(C)(C)C)c1. The second-order valence-corrected chi connectivity index (χ2v) is 36.9. The van der Waals surface area contributed by atoms with Gasteiger partial charge in [0, 0.05) is 57.0 Å². The zero-order chi connectivity index (χ0) is 74.1. The first-order chi connectivity index (χ1) is 43.6. The maximum absolute atomic E-state index is 10.7. The first kappa shape index (κ1) is 87.3. The van der Waals surface area contributed by atoms with Crippen molar-refractivity contribution >= 4 is 45.7 Å². The number of hydrogen-bond acceptors (Lipinski definition) is 9. The molecule has 3 aromatic carbocycles. The van der Waals surface area contributed by atoms with Crippen molar-refractivity contribution in [3.05, 3.63) is 250 Å². The molecule has 0 aliphatic carbocycles. The minimum absolute atomic E-state index is 0.00542. The summed E-state index contributed by atoms with van der Waals surface area (Å²) in [5.41, 5.74) is 21.4. The van der Waals surface area contributed by atoms with Crippen molar-refractivity contribution in [1.82, 2.24) is 15.0 Å². The third-order valence-electron chi connectivity index (χ3n) is 14.9. The van der Waals surface area contributed by atoms with Gasteiger partial charge < -0.3 is 15.9 Å². The van der Waals surface area contributed by atoms with Crippen molar-refractivity contribution in [2.75, 3.05) is 5.73 Å². The highest BCUT2D eigenvalue weighted by Gasteiger charge is 2.20. The predicted octanol–water partition coefficient (Wildman–Crippen LogP) is 25.4. The number of nitrogens with zero attached hydrogens (tertiary/aromatic N) is 3. The van der Waals surface area contributed by atoms with Crippen LogP contribution in [0.4, 0.5) is 5.69 Å². The van der Waals surface area contributed by atoms with E-state index in [9.17, 15) is 9.90 Å². The van der Waals surface area contributed by atoms with Crippen LogP contribution in [0.5, 0.6) is 5.75 Å². The number of carboxylic acids is 1. The van der Waals surface area contributed by atoms with Gasteiger partial charge >= 0.3 is 5.97 Å². The van der Waals surface area contributed by atoms with Crippen molar-refractivity contribution < 1.29 is 15.0 Å². The molecule has 0 fully saturated rings. The second kappa shape index (κ2) is 37.9. The minimum atomic E-state index is -0.869. The number of aromatic carboxylic acids is 1. The minimum Gasteiger partial charge on any atom is -0.508 e. The van der Waals surface area contributed by atoms with Crippen molar-refractivity contribution in [3.63, 3.8) is 0 Å². The number of benzene rings is 3. The molecule has 0 bridgehead atoms. The van der Waals surface area contributed by atoms with E-state index in [0.717, 1.165) is 22.5 Å². The number of rotatable bonds is 1. The average molecular weight is 1360 g/mol. The van der Waals surface area contributed by atoms with E-state index < -0.39 is 5.97 Å². The molecule has 0 saturated heterocycles. The van der Waals surface area contributed by atoms with Crippen LogP contribution in [-0.4, -0.2) is 31.1 Å². The van der Waals surface area contributed by atoms with Gasteiger partial charge in [0.2, 0.25) is 0 Å². The van der Waals surface area contributed by atoms with Gasteiger partial charge in [-0.1, -0.05) is 242 Å². The standard InChI is InChI=1S/C11H14O2.4C10H15N.C10H14O.C9H14S.2C8H12S/c1-11(2,3)9-6-4-5-8(7-9)10(12)13;1-8-5-9(7-11-6-8)10(2,3)4;1-8-5-6-11-7-9(8)10(2,3)4;1-8-5-6-9(7-11-8)10(2,3)4;2*1-10(2,3)8-5-4-6-9(11)7-8;1-7-5-6-8(10-7)9(2,3)4;1-8(2,3)7-4-5-9-6-7;1-8(2,3)7-5-4-6-9-7/h4-7H,1-3H3,(H,12,13);3*5-7H,1-4H3;4-7H,11H2,1-3H3;4-7,11H,1-3H3;5-6H,1-4H3;2*4-6H,1-3H3. The smallest absolute Gasteiger partial charge is 0.335 e. The Morgan fingerprint density at radius 1 is 0.417 bits per heavy atom. The van der Waals surface area contributed by atoms with Gasteiger partial charge in [0.25, 0.3) is 0 Å². The zero-order valence-corrected chi connectivity index (χ0v) is 67.6. The highest BCUT2D eigenvalue weighted by Crippen LogP contribution is 2.31. The Labute approximate surface area is 597 Å². The van der Waals surface area contributed by atoms with Crippen LogP contribution in [0.3, 0.4) is 0 Å². The van der Waals surface area contributed by atoms with Gasteiger partial charge in [0.1, 0.15) is 5.75 Å². The molecule has 96 heavy (non-hydrogen) atoms. The van der Waals surface area contributed by atoms with Crippen LogP contribution in [0.25, 0.3) is 0 Å². The van der Waals surface area contributed by atoms with Crippen molar-refractivity contribution in [2.45, 2.75) is 263 Å². The van der Waals surface area contributed by atoms with E-state index in [1.165, 1.54) is 53.6 Å². The number of phenols is 1. The summed E-state index contributed by atoms with van der Waals surface area (Å²) in [5, 5.41) is 24.4. The molecule has 9 aromatic rings. The normalized spacial score (nSPS) is 11.7. The maximum atomic E-state index is 10.7. The van der Waals surface area contributed by atoms with Gasteiger partial charge in [-0.05, 0) is 215 Å². The lowest BCUT2D eigenvalue weighted by molar-refractivity contribution is 0.0696. The monoisotopic (exact) mass is 1360 g/mol. The number of nitrogens with two attached hydrogens (primary N) is 1. The van der Waals surface area contributed by atoms with Crippen LogP contribution >= 0.6 is 34.0 Å². The lowest BCUT2D eigenvalue weighted by Gasteiger charge is -2.20. The molecule has 6 heterocycles. The summed E-state index contributed by atoms with van der Waals surface area (Å²) < 4.78 is 0. The first-order valence-corrected chi connectivity index (χ1v) is 36.2. The number of carbonyl (C=O) groups is 1. The van der Waals surface area contributed by atoms with E-state index in [-0.39, 0.29) is 32.5 Å². The molecule has 6 aromatic heterocycles. The Balaban J connectivity index is 0.000000541. The third-order valence-corrected chi connectivity index (χ3v) is 18.3. The molecule has 0 radical (unpaired) electrons. The zero-order valence-electron chi connectivity index (χ0n) is 65.2. The van der Waals surface area contributed by atoms with Crippen LogP contribution in [-0.2, 0) is 48.7 Å². The molecule has 0 spiro atoms. The summed E-state index contributed by atoms with van der Waals surface area (Å²) in [4.78, 5) is 27.5. The number of thiophene rings is 3. The maximum Gasteiger partial charge on any atom is 0.335 e. The van der Waals surface area contributed by atoms with Crippen molar-refractivity contribution in [2.24, 2.45) is 0 Å². The van der Waals surface area contributed by atoms with Crippen molar-refractivity contribution in [3.8, 4) is 5.75 Å². The summed E-state index contributed by atoms with van der Waals surface area (Å²) >= 11 is 5.49. The fourth-order valence-electron chi connectivity index (χ4n) is 8.46. The van der Waals surface area contributed by atoms with Gasteiger partial charge in [-0.2, -0.15) is 11.3 Å². The molecular weight excluding hydrogens is 1230 g/mol. The van der Waals surface area contributed by atoms with Crippen LogP contribution < -0.4 is 5.73 Å². The molecule has 0 aliphatic rings. The lowest BCUT2D eigenvalue weighted by Crippen LogP contribution is -2.13. The number of hydrogen-bond donors (Lipinski definition) is 3. The molecular formula is C86H126N4O3S3. The van der Waals surface area contributed by atoms with Crippen LogP contribution in [0, 0.1) is 27.7 Å². The number of aryl methyl sites for hydroxylation is 4. The molecule has 0 saturated carbocycles. The Bertz CT molecular complexity index is 3450. The summed E-state index contributed by atoms with van der Waals surface area (Å²) in [7, 11) is 0. The quantitative estimate of drug-likeness (QED) is 0.140. The highest BCUT2D eigenvalue weighted by atomic mass is 32.1. The number of anilines is 1. The van der Waals surface area contributed by atoms with Crippen LogP contribution in [0.15, 0.2) is 175 Å². The summed E-state index contributed by atoms with van der Waals surface area (Å²) in [6.45, 7) is 67.4. The van der Waals surface area contributed by atoms with Gasteiger partial charge in [0.15, 0.2) is 0 Å². The van der Waals surface area contributed by atoms with Crippen LogP contribution in [0.2, 0.25) is 0 Å². The van der Waals surface area contributed by atoms with Gasteiger partial charge in [0.05, 0.1) is 5.56 Å². The Kier molecular flexibility index (Phi) is 34.4. The number of carboxylic acid groups (broad SMARTS) is 1. The van der Waals surface area contributed by atoms with Gasteiger partial charge in [-0.3, -0.25) is 15.0 Å². The molecule has 4 N–H and O–H groups in total. The topological polar surface area (TPSA) is 122 Å². The summed E-state index contributed by atoms with van der Waals surface area (Å²) in [6.07, 6.45) is 9.57. The van der Waals surface area contributed by atoms with E-state index in [1.807, 2.05) is 97.0 Å². The first-order valence-electron chi connectivity index (χ1n) is 33.5. The highest BCUT2D eigenvalue weighted by molar-refractivity contribution is 7.12. The molecule has 9 rings (SSSR count). The molecule has 10 heteroatoms. The van der Waals surface area contributed by atoms with Crippen LogP contribution in [0.1, 0.15) is 268 Å². The lowest BCUT2D eigenvalue weighted by atomic mass is 9.86. The summed E-state index contributed by atoms with van der Waals surface area (Å²) in [5.74, 6) is -0.525. The number of pyridine rings is 3. The second-order valence-electron chi connectivity index (χ2n) is 33.8. The van der Waals surface area contributed by atoms with Gasteiger partial charge in [-0.15, -0.1) is 22.7 Å². The largest absolute Gasteiger partial charge is 0.508 e. The number of phenolic OH excluding ortho intramolecular Hbond substituents is 1. The Morgan fingerprint density at radius 2 is 0.927 bits per heavy atom. The molecule has 0 aliphatic heterocycles. The van der Waals surface area contributed by atoms with E-state index in [1.54, 1.807) is 41.7 Å². The predicted molar refractivity (Wildman–Crippen MR) is 425 cm³/mol. The van der Waals surface area contributed by atoms with E-state index in [4.69, 9.17) is 10.8 Å². The fraction of sp³-hybridized carbons (Fsp3) is 0.465. The van der Waals surface area contributed by atoms with E-state index in [2.05, 4.69) is 299 Å². The Morgan fingerprint density at radius 3 is 1.24 bits per heavy atom.